The van der Waals surface area contributed by atoms with Crippen molar-refractivity contribution in [1.82, 2.24) is 14.9 Å². The zero-order valence-corrected chi connectivity index (χ0v) is 16.6. The smallest absolute Gasteiger partial charge is 0.320 e. The third kappa shape index (κ3) is 4.84. The Labute approximate surface area is 162 Å². The number of ether oxygens (including phenoxy) is 2. The molecule has 5 nitrogen and oxygen atoms in total. The van der Waals surface area contributed by atoms with Gasteiger partial charge in [-0.2, -0.15) is 9.97 Å². The maximum absolute atomic E-state index is 13.7. The predicted molar refractivity (Wildman–Crippen MR) is 100 cm³/mol. The molecule has 0 saturated carbocycles. The van der Waals surface area contributed by atoms with E-state index >= 15 is 0 Å². The summed E-state index contributed by atoms with van der Waals surface area (Å²) < 4.78 is 50.2. The van der Waals surface area contributed by atoms with Gasteiger partial charge in [0.15, 0.2) is 5.82 Å². The Bertz CT molecular complexity index is 830. The topological polar surface area (TPSA) is 47.5 Å². The van der Waals surface area contributed by atoms with Crippen molar-refractivity contribution >= 4 is 10.9 Å². The zero-order valence-electron chi connectivity index (χ0n) is 16.6. The van der Waals surface area contributed by atoms with Gasteiger partial charge in [0.25, 0.3) is 0 Å². The first-order valence-corrected chi connectivity index (χ1v) is 9.44. The summed E-state index contributed by atoms with van der Waals surface area (Å²) in [5.41, 5.74) is -0.595. The summed E-state index contributed by atoms with van der Waals surface area (Å²) in [6, 6.07) is 2.48. The molecule has 2 aliphatic heterocycles. The Morgan fingerprint density at radius 2 is 1.93 bits per heavy atom. The van der Waals surface area contributed by atoms with Gasteiger partial charge in [-0.15, -0.1) is 0 Å². The highest BCUT2D eigenvalue weighted by Gasteiger charge is 2.34. The largest absolute Gasteiger partial charge is 0.471 e. The number of halogens is 3. The van der Waals surface area contributed by atoms with Gasteiger partial charge in [-0.25, -0.2) is 13.2 Å². The Morgan fingerprint density at radius 3 is 2.57 bits per heavy atom. The van der Waals surface area contributed by atoms with Crippen molar-refractivity contribution in [3.8, 4) is 11.9 Å². The van der Waals surface area contributed by atoms with Crippen LogP contribution in [-0.2, 0) is 0 Å². The lowest BCUT2D eigenvalue weighted by Gasteiger charge is -2.21. The van der Waals surface area contributed by atoms with Gasteiger partial charge in [-0.3, -0.25) is 4.90 Å². The molecule has 28 heavy (non-hydrogen) atoms. The fourth-order valence-corrected chi connectivity index (χ4v) is 3.60. The first kappa shape index (κ1) is 20.6. The highest BCUT2D eigenvalue weighted by atomic mass is 19.1. The second kappa shape index (κ2) is 8.11. The molecule has 0 N–H and O–H groups in total. The lowest BCUT2D eigenvalue weighted by molar-refractivity contribution is 0.125. The molecule has 0 aliphatic carbocycles. The quantitative estimate of drug-likeness (QED) is 0.757. The molecule has 2 aliphatic rings. The minimum atomic E-state index is -0.783. The van der Waals surface area contributed by atoms with E-state index in [-0.39, 0.29) is 22.8 Å². The molecule has 2 atom stereocenters. The average molecular weight is 397 g/mol. The number of nitrogens with zero attached hydrogens (tertiary/aromatic N) is 3. The molecule has 8 heteroatoms. The van der Waals surface area contributed by atoms with Crippen LogP contribution in [0.15, 0.2) is 12.1 Å². The minimum absolute atomic E-state index is 0.0303. The minimum Gasteiger partial charge on any atom is -0.471 e. The number of hydrogen-bond acceptors (Lipinski definition) is 5. The van der Waals surface area contributed by atoms with Crippen LogP contribution in [0.25, 0.3) is 10.9 Å². The van der Waals surface area contributed by atoms with Crippen LogP contribution < -0.4 is 9.47 Å². The SMILES string of the molecule is COc1nc(OC(C)(C)C)c2cc(F)cc(F)c2n1.FC1CC2CCCN2C1. The third-order valence-corrected chi connectivity index (χ3v) is 4.71. The van der Waals surface area contributed by atoms with Gasteiger partial charge in [-0.05, 0) is 52.6 Å². The monoisotopic (exact) mass is 397 g/mol. The van der Waals surface area contributed by atoms with Gasteiger partial charge in [-0.1, -0.05) is 0 Å². The Balaban J connectivity index is 0.000000206. The normalized spacial score (nSPS) is 22.0. The van der Waals surface area contributed by atoms with Crippen LogP contribution >= 0.6 is 0 Å². The fraction of sp³-hybridized carbons (Fsp3) is 0.600. The molecule has 0 radical (unpaired) electrons. The third-order valence-electron chi connectivity index (χ3n) is 4.71. The van der Waals surface area contributed by atoms with E-state index in [1.165, 1.54) is 20.0 Å². The molecule has 2 unspecified atom stereocenters. The van der Waals surface area contributed by atoms with Crippen LogP contribution in [0.2, 0.25) is 0 Å². The van der Waals surface area contributed by atoms with E-state index in [9.17, 15) is 13.2 Å². The highest BCUT2D eigenvalue weighted by Crippen LogP contribution is 2.30. The molecule has 1 aromatic heterocycles. The van der Waals surface area contributed by atoms with Crippen LogP contribution in [0.1, 0.15) is 40.0 Å². The Hall–Kier alpha value is -2.09. The summed E-state index contributed by atoms with van der Waals surface area (Å²) in [6.45, 7) is 7.28. The first-order chi connectivity index (χ1) is 13.2. The lowest BCUT2D eigenvalue weighted by Crippen LogP contribution is -2.24. The van der Waals surface area contributed by atoms with E-state index in [0.29, 0.717) is 12.6 Å². The highest BCUT2D eigenvalue weighted by molar-refractivity contribution is 5.84. The summed E-state index contributed by atoms with van der Waals surface area (Å²) in [5.74, 6) is -1.40. The molecule has 0 spiro atoms. The lowest BCUT2D eigenvalue weighted by atomic mass is 10.1. The van der Waals surface area contributed by atoms with Gasteiger partial charge in [0.2, 0.25) is 5.88 Å². The van der Waals surface area contributed by atoms with E-state index in [2.05, 4.69) is 14.9 Å². The predicted octanol–water partition coefficient (Wildman–Crippen LogP) is 4.29. The number of alkyl halides is 1. The molecule has 154 valence electrons. The maximum atomic E-state index is 13.7. The van der Waals surface area contributed by atoms with E-state index in [1.54, 1.807) is 0 Å². The van der Waals surface area contributed by atoms with Crippen molar-refractivity contribution in [1.29, 1.82) is 0 Å². The number of hydrogen-bond donors (Lipinski definition) is 0. The number of aromatic nitrogens is 2. The second-order valence-electron chi connectivity index (χ2n) is 8.14. The fourth-order valence-electron chi connectivity index (χ4n) is 3.60. The molecule has 0 amide bonds. The van der Waals surface area contributed by atoms with E-state index in [0.717, 1.165) is 25.1 Å². The summed E-state index contributed by atoms with van der Waals surface area (Å²) >= 11 is 0. The molecule has 4 rings (SSSR count). The second-order valence-corrected chi connectivity index (χ2v) is 8.14. The molecule has 3 heterocycles. The summed E-state index contributed by atoms with van der Waals surface area (Å²) in [5, 5.41) is 0.174. The van der Waals surface area contributed by atoms with E-state index < -0.39 is 23.4 Å². The molecule has 1 aromatic carbocycles. The number of rotatable bonds is 2. The van der Waals surface area contributed by atoms with Gasteiger partial charge >= 0.3 is 6.01 Å². The molecular formula is C20H26F3N3O2. The van der Waals surface area contributed by atoms with E-state index in [4.69, 9.17) is 9.47 Å². The van der Waals surface area contributed by atoms with Gasteiger partial charge in [0.1, 0.15) is 23.1 Å². The molecule has 0 bridgehead atoms. The molecule has 2 fully saturated rings. The van der Waals surface area contributed by atoms with Crippen molar-refractivity contribution in [2.75, 3.05) is 20.2 Å². The first-order valence-electron chi connectivity index (χ1n) is 9.44. The van der Waals surface area contributed by atoms with Crippen molar-refractivity contribution < 1.29 is 22.6 Å². The van der Waals surface area contributed by atoms with Crippen molar-refractivity contribution in [2.24, 2.45) is 0 Å². The Morgan fingerprint density at radius 1 is 1.18 bits per heavy atom. The van der Waals surface area contributed by atoms with Crippen LogP contribution in [0.3, 0.4) is 0 Å². The zero-order chi connectivity index (χ0) is 20.5. The number of benzene rings is 1. The maximum Gasteiger partial charge on any atom is 0.320 e. The number of fused-ring (bicyclic) bond motifs is 2. The van der Waals surface area contributed by atoms with Crippen molar-refractivity contribution in [3.05, 3.63) is 23.8 Å². The van der Waals surface area contributed by atoms with Crippen LogP contribution in [0, 0.1) is 11.6 Å². The molecule has 2 saturated heterocycles. The van der Waals surface area contributed by atoms with Crippen LogP contribution in [-0.4, -0.2) is 52.9 Å². The van der Waals surface area contributed by atoms with Crippen molar-refractivity contribution in [2.45, 2.75) is 57.8 Å². The summed E-state index contributed by atoms with van der Waals surface area (Å²) in [4.78, 5) is 10.2. The standard InChI is InChI=1S/C13H14F2N2O2.C7H12FN/c1-13(2,3)19-11-8-5-7(14)6-9(15)10(8)16-12(17-11)18-4;8-6-4-7-2-1-3-9(7)5-6/h5-6H,1-4H3;6-7H,1-5H2. The Kier molecular flexibility index (Phi) is 5.98. The summed E-state index contributed by atoms with van der Waals surface area (Å²) in [6.07, 6.45) is 2.81. The van der Waals surface area contributed by atoms with Crippen molar-refractivity contribution in [3.63, 3.8) is 0 Å². The van der Waals surface area contributed by atoms with Crippen LogP contribution in [0.4, 0.5) is 13.2 Å². The van der Waals surface area contributed by atoms with Gasteiger partial charge in [0, 0.05) is 18.7 Å². The average Bonchev–Trinajstić information content (AvgIpc) is 3.15. The molecule has 2 aromatic rings. The van der Waals surface area contributed by atoms with Gasteiger partial charge < -0.3 is 9.47 Å². The van der Waals surface area contributed by atoms with Crippen LogP contribution in [0.5, 0.6) is 11.9 Å². The van der Waals surface area contributed by atoms with E-state index in [1.807, 2.05) is 20.8 Å². The summed E-state index contributed by atoms with van der Waals surface area (Å²) in [7, 11) is 1.36. The van der Waals surface area contributed by atoms with Gasteiger partial charge in [0.05, 0.1) is 12.5 Å². The molecular weight excluding hydrogens is 371 g/mol. The number of methoxy groups -OCH3 is 1.